The van der Waals surface area contributed by atoms with Crippen molar-refractivity contribution in [2.75, 3.05) is 64.5 Å². The second-order valence-corrected chi connectivity index (χ2v) is 12.0. The lowest BCUT2D eigenvalue weighted by Crippen LogP contribution is -2.54. The number of thioether (sulfide) groups is 1. The van der Waals surface area contributed by atoms with E-state index in [1.807, 2.05) is 19.1 Å². The van der Waals surface area contributed by atoms with E-state index in [1.54, 1.807) is 28.8 Å². The molecular weight excluding hydrogens is 508 g/mol. The molecule has 1 aromatic carbocycles. The highest BCUT2D eigenvalue weighted by molar-refractivity contribution is 8.02. The highest BCUT2D eigenvalue weighted by Crippen LogP contribution is 2.66. The van der Waals surface area contributed by atoms with Gasteiger partial charge in [-0.05, 0) is 50.5 Å². The van der Waals surface area contributed by atoms with Crippen LogP contribution in [-0.2, 0) is 19.1 Å². The third-order valence-electron chi connectivity index (χ3n) is 8.17. The summed E-state index contributed by atoms with van der Waals surface area (Å²) in [5.41, 5.74) is 0.653. The zero-order chi connectivity index (χ0) is 26.7. The fraction of sp³-hybridized carbons (Fsp3) is 0.667. The fourth-order valence-electron chi connectivity index (χ4n) is 6.52. The van der Waals surface area contributed by atoms with Crippen LogP contribution >= 0.6 is 11.8 Å². The molecule has 3 N–H and O–H groups in total. The van der Waals surface area contributed by atoms with Gasteiger partial charge in [0.25, 0.3) is 0 Å². The number of amides is 3. The van der Waals surface area contributed by atoms with Crippen molar-refractivity contribution in [2.45, 2.75) is 42.2 Å². The van der Waals surface area contributed by atoms with Crippen molar-refractivity contribution in [2.24, 2.45) is 11.8 Å². The largest absolute Gasteiger partial charge is 0.494 e. The molecular formula is C27H38N4O6S. The van der Waals surface area contributed by atoms with Crippen LogP contribution in [0.5, 0.6) is 5.75 Å². The highest BCUT2D eigenvalue weighted by Gasteiger charge is 2.73. The molecule has 11 heteroatoms. The smallest absolute Gasteiger partial charge is 0.244 e. The number of aliphatic hydroxyl groups is 1. The third kappa shape index (κ3) is 5.13. The van der Waals surface area contributed by atoms with Gasteiger partial charge in [0.2, 0.25) is 17.7 Å². The summed E-state index contributed by atoms with van der Waals surface area (Å²) in [5, 5.41) is 15.6. The number of rotatable bonds is 11. The van der Waals surface area contributed by atoms with Gasteiger partial charge in [-0.1, -0.05) is 0 Å². The Labute approximate surface area is 227 Å². The molecule has 4 aliphatic heterocycles. The predicted octanol–water partition coefficient (Wildman–Crippen LogP) is 0.946. The minimum Gasteiger partial charge on any atom is -0.494 e. The SMILES string of the molecule is CCOc1ccc(NC(=O)[C@@H]2[C@H]3C(=O)N(CCCO)C(C(=O)NCCN4CCOCC4)C34CC[C@H]2S4)cc1. The van der Waals surface area contributed by atoms with E-state index in [1.165, 1.54) is 0 Å². The van der Waals surface area contributed by atoms with E-state index in [2.05, 4.69) is 15.5 Å². The molecule has 208 valence electrons. The van der Waals surface area contributed by atoms with E-state index >= 15 is 0 Å². The fourth-order valence-corrected chi connectivity index (χ4v) is 8.74. The van der Waals surface area contributed by atoms with Gasteiger partial charge in [-0.2, -0.15) is 0 Å². The standard InChI is InChI=1S/C27H38N4O6S/c1-2-37-19-6-4-18(5-7-19)29-24(33)21-20-8-9-27(38-20)22(21)26(35)31(11-3-15-32)23(27)25(34)28-10-12-30-13-16-36-17-14-30/h4-7,20-23,32H,2-3,8-17H2,1H3,(H,28,34)(H,29,33)/t20-,21+,22+,23?,27?/m1/s1. The van der Waals surface area contributed by atoms with Crippen molar-refractivity contribution in [3.8, 4) is 5.75 Å². The van der Waals surface area contributed by atoms with Crippen molar-refractivity contribution >= 4 is 35.2 Å². The molecule has 0 aliphatic carbocycles. The van der Waals surface area contributed by atoms with Gasteiger partial charge in [-0.25, -0.2) is 0 Å². The number of morpholine rings is 1. The second kappa shape index (κ2) is 11.8. The quantitative estimate of drug-likeness (QED) is 0.375. The monoisotopic (exact) mass is 546 g/mol. The summed E-state index contributed by atoms with van der Waals surface area (Å²) in [7, 11) is 0. The van der Waals surface area contributed by atoms with E-state index in [0.717, 1.165) is 38.2 Å². The van der Waals surface area contributed by atoms with Gasteiger partial charge in [0, 0.05) is 50.3 Å². The molecule has 2 unspecified atom stereocenters. The normalized spacial score (nSPS) is 30.4. The molecule has 5 rings (SSSR count). The average Bonchev–Trinajstić information content (AvgIpc) is 3.56. The van der Waals surface area contributed by atoms with Gasteiger partial charge < -0.3 is 30.1 Å². The molecule has 4 saturated heterocycles. The number of carbonyl (C=O) groups is 3. The molecule has 10 nitrogen and oxygen atoms in total. The van der Waals surface area contributed by atoms with E-state index in [4.69, 9.17) is 9.47 Å². The van der Waals surface area contributed by atoms with E-state index in [0.29, 0.717) is 45.0 Å². The molecule has 1 aromatic rings. The maximum Gasteiger partial charge on any atom is 0.244 e. The van der Waals surface area contributed by atoms with Crippen LogP contribution in [0.1, 0.15) is 26.2 Å². The highest BCUT2D eigenvalue weighted by atomic mass is 32.2. The van der Waals surface area contributed by atoms with Crippen LogP contribution in [0.3, 0.4) is 0 Å². The van der Waals surface area contributed by atoms with Crippen LogP contribution in [0.2, 0.25) is 0 Å². The number of nitrogens with one attached hydrogen (secondary N) is 2. The Balaban J connectivity index is 1.31. The van der Waals surface area contributed by atoms with Crippen LogP contribution < -0.4 is 15.4 Å². The first-order valence-electron chi connectivity index (χ1n) is 13.7. The predicted molar refractivity (Wildman–Crippen MR) is 144 cm³/mol. The summed E-state index contributed by atoms with van der Waals surface area (Å²) >= 11 is 1.65. The Morgan fingerprint density at radius 2 is 1.95 bits per heavy atom. The first kappa shape index (κ1) is 27.2. The Bertz CT molecular complexity index is 1020. The van der Waals surface area contributed by atoms with Gasteiger partial charge in [-0.3, -0.25) is 19.3 Å². The van der Waals surface area contributed by atoms with E-state index in [-0.39, 0.29) is 29.6 Å². The number of nitrogens with zero attached hydrogens (tertiary/aromatic N) is 2. The van der Waals surface area contributed by atoms with E-state index < -0.39 is 22.6 Å². The number of fused-ring (bicyclic) bond motifs is 1. The Morgan fingerprint density at radius 3 is 2.66 bits per heavy atom. The molecule has 2 bridgehead atoms. The maximum atomic E-state index is 13.8. The zero-order valence-electron chi connectivity index (χ0n) is 21.9. The Kier molecular flexibility index (Phi) is 8.47. The molecule has 4 fully saturated rings. The molecule has 0 saturated carbocycles. The molecule has 0 aromatic heterocycles. The van der Waals surface area contributed by atoms with Crippen LogP contribution in [-0.4, -0.2) is 108 Å². The number of anilines is 1. The summed E-state index contributed by atoms with van der Waals surface area (Å²) in [4.78, 5) is 44.9. The molecule has 0 radical (unpaired) electrons. The van der Waals surface area contributed by atoms with Crippen LogP contribution in [0.25, 0.3) is 0 Å². The number of aliphatic hydroxyl groups excluding tert-OH is 1. The minimum absolute atomic E-state index is 0.00436. The van der Waals surface area contributed by atoms with Gasteiger partial charge in [0.15, 0.2) is 0 Å². The number of hydrogen-bond acceptors (Lipinski definition) is 8. The molecule has 4 heterocycles. The molecule has 38 heavy (non-hydrogen) atoms. The lowest BCUT2D eigenvalue weighted by molar-refractivity contribution is -0.139. The van der Waals surface area contributed by atoms with Crippen molar-refractivity contribution in [3.63, 3.8) is 0 Å². The number of carbonyl (C=O) groups excluding carboxylic acids is 3. The maximum absolute atomic E-state index is 13.8. The van der Waals surface area contributed by atoms with Crippen molar-refractivity contribution in [3.05, 3.63) is 24.3 Å². The van der Waals surface area contributed by atoms with Crippen molar-refractivity contribution < 1.29 is 29.0 Å². The minimum atomic E-state index is -0.644. The summed E-state index contributed by atoms with van der Waals surface area (Å²) in [6, 6.07) is 6.58. The zero-order valence-corrected chi connectivity index (χ0v) is 22.7. The lowest BCUT2D eigenvalue weighted by atomic mass is 9.70. The number of hydrogen-bond donors (Lipinski definition) is 3. The average molecular weight is 547 g/mol. The van der Waals surface area contributed by atoms with Gasteiger partial charge in [0.1, 0.15) is 11.8 Å². The summed E-state index contributed by atoms with van der Waals surface area (Å²) in [5.74, 6) is -0.811. The lowest BCUT2D eigenvalue weighted by Gasteiger charge is -2.34. The first-order chi connectivity index (χ1) is 18.5. The summed E-state index contributed by atoms with van der Waals surface area (Å²) in [6.07, 6.45) is 1.91. The van der Waals surface area contributed by atoms with E-state index in [9.17, 15) is 19.5 Å². The van der Waals surface area contributed by atoms with Crippen LogP contribution in [0, 0.1) is 11.8 Å². The van der Waals surface area contributed by atoms with Crippen molar-refractivity contribution in [1.82, 2.24) is 15.1 Å². The second-order valence-electron chi connectivity index (χ2n) is 10.4. The Morgan fingerprint density at radius 1 is 1.18 bits per heavy atom. The molecule has 1 spiro atoms. The van der Waals surface area contributed by atoms with Gasteiger partial charge in [0.05, 0.1) is 36.4 Å². The van der Waals surface area contributed by atoms with Gasteiger partial charge in [-0.15, -0.1) is 11.8 Å². The topological polar surface area (TPSA) is 120 Å². The van der Waals surface area contributed by atoms with Crippen LogP contribution in [0.4, 0.5) is 5.69 Å². The molecule has 5 atom stereocenters. The first-order valence-corrected chi connectivity index (χ1v) is 14.6. The number of benzene rings is 1. The summed E-state index contributed by atoms with van der Waals surface area (Å²) < 4.78 is 10.3. The summed E-state index contributed by atoms with van der Waals surface area (Å²) in [6.45, 7) is 7.01. The third-order valence-corrected chi connectivity index (χ3v) is 10.1. The number of likely N-dealkylation sites (tertiary alicyclic amines) is 1. The molecule has 4 aliphatic rings. The van der Waals surface area contributed by atoms with Crippen molar-refractivity contribution in [1.29, 1.82) is 0 Å². The Hall–Kier alpha value is -2.34. The number of ether oxygens (including phenoxy) is 2. The van der Waals surface area contributed by atoms with Gasteiger partial charge >= 0.3 is 0 Å². The van der Waals surface area contributed by atoms with Crippen LogP contribution in [0.15, 0.2) is 24.3 Å². The molecule has 3 amide bonds.